The molecule has 0 saturated carbocycles. The van der Waals surface area contributed by atoms with Crippen molar-refractivity contribution < 1.29 is 13.9 Å². The Labute approximate surface area is 149 Å². The van der Waals surface area contributed by atoms with Gasteiger partial charge in [-0.05, 0) is 24.1 Å². The number of aryl methyl sites for hydroxylation is 1. The van der Waals surface area contributed by atoms with Gasteiger partial charge in [-0.3, -0.25) is 4.57 Å². The van der Waals surface area contributed by atoms with Crippen molar-refractivity contribution in [1.82, 2.24) is 14.8 Å². The summed E-state index contributed by atoms with van der Waals surface area (Å²) in [6.45, 7) is 0.351. The predicted molar refractivity (Wildman–Crippen MR) is 94.5 cm³/mol. The minimum absolute atomic E-state index is 0.155. The van der Waals surface area contributed by atoms with Crippen LogP contribution in [-0.4, -0.2) is 33.6 Å². The van der Waals surface area contributed by atoms with Gasteiger partial charge in [0.05, 0.1) is 13.7 Å². The molecule has 3 aromatic rings. The molecule has 1 aromatic carbocycles. The number of methoxy groups -OCH3 is 1. The van der Waals surface area contributed by atoms with Crippen LogP contribution in [0.4, 0.5) is 5.95 Å². The average Bonchev–Trinajstić information content (AvgIpc) is 3.24. The Morgan fingerprint density at radius 2 is 2.04 bits per heavy atom. The molecule has 0 spiro atoms. The number of hydrogen-bond donors (Lipinski definition) is 1. The third-order valence-corrected chi connectivity index (χ3v) is 4.54. The third kappa shape index (κ3) is 4.21. The van der Waals surface area contributed by atoms with E-state index in [0.717, 1.165) is 12.2 Å². The molecule has 0 aliphatic heterocycles. The number of nitrogens with zero attached hydrogens (tertiary/aromatic N) is 3. The first kappa shape index (κ1) is 17.1. The number of nitrogen functional groups attached to an aromatic ring is 1. The van der Waals surface area contributed by atoms with Crippen LogP contribution in [0.15, 0.2) is 52.0 Å². The monoisotopic (exact) mass is 358 g/mol. The maximum atomic E-state index is 11.5. The first-order valence-electron chi connectivity index (χ1n) is 7.70. The number of aromatic nitrogens is 3. The van der Waals surface area contributed by atoms with Crippen molar-refractivity contribution in [3.8, 4) is 0 Å². The molecular formula is C17H18N4O3S. The fourth-order valence-corrected chi connectivity index (χ4v) is 3.22. The zero-order chi connectivity index (χ0) is 17.6. The first-order chi connectivity index (χ1) is 12.2. The molecule has 2 aromatic heterocycles. The summed E-state index contributed by atoms with van der Waals surface area (Å²) in [6.07, 6.45) is 0.922. The van der Waals surface area contributed by atoms with Gasteiger partial charge in [-0.2, -0.15) is 0 Å². The van der Waals surface area contributed by atoms with Gasteiger partial charge in [0.25, 0.3) is 0 Å². The normalized spacial score (nSPS) is 10.8. The molecule has 0 bridgehead atoms. The van der Waals surface area contributed by atoms with E-state index in [2.05, 4.69) is 27.1 Å². The highest BCUT2D eigenvalue weighted by Crippen LogP contribution is 2.21. The van der Waals surface area contributed by atoms with Gasteiger partial charge in [-0.25, -0.2) is 4.79 Å². The number of nitrogens with two attached hydrogens (primary N) is 1. The molecule has 7 nitrogen and oxygen atoms in total. The zero-order valence-corrected chi connectivity index (χ0v) is 14.5. The summed E-state index contributed by atoms with van der Waals surface area (Å²) >= 11 is 1.58. The Bertz CT molecular complexity index is 845. The van der Waals surface area contributed by atoms with Gasteiger partial charge < -0.3 is 14.9 Å². The third-order valence-electron chi connectivity index (χ3n) is 3.57. The molecule has 0 radical (unpaired) electrons. The van der Waals surface area contributed by atoms with Crippen LogP contribution in [0.25, 0.3) is 0 Å². The van der Waals surface area contributed by atoms with E-state index in [1.54, 1.807) is 28.5 Å². The van der Waals surface area contributed by atoms with E-state index in [4.69, 9.17) is 10.2 Å². The zero-order valence-electron chi connectivity index (χ0n) is 13.7. The molecule has 0 aliphatic carbocycles. The summed E-state index contributed by atoms with van der Waals surface area (Å²) in [5.41, 5.74) is 7.17. The van der Waals surface area contributed by atoms with Crippen molar-refractivity contribution in [2.75, 3.05) is 18.6 Å². The van der Waals surface area contributed by atoms with Crippen molar-refractivity contribution in [2.24, 2.45) is 0 Å². The van der Waals surface area contributed by atoms with E-state index in [0.29, 0.717) is 23.4 Å². The van der Waals surface area contributed by atoms with Crippen LogP contribution >= 0.6 is 11.8 Å². The van der Waals surface area contributed by atoms with Gasteiger partial charge in [-0.1, -0.05) is 42.1 Å². The summed E-state index contributed by atoms with van der Waals surface area (Å²) in [7, 11) is 1.31. The molecule has 130 valence electrons. The maximum Gasteiger partial charge on any atom is 0.373 e. The molecule has 0 amide bonds. The van der Waals surface area contributed by atoms with E-state index < -0.39 is 5.97 Å². The van der Waals surface area contributed by atoms with Crippen LogP contribution in [-0.2, 0) is 17.7 Å². The first-order valence-corrected chi connectivity index (χ1v) is 8.68. The number of rotatable bonds is 7. The number of furan rings is 1. The van der Waals surface area contributed by atoms with Gasteiger partial charge in [0, 0.05) is 5.75 Å². The molecule has 25 heavy (non-hydrogen) atoms. The highest BCUT2D eigenvalue weighted by molar-refractivity contribution is 7.99. The Kier molecular flexibility index (Phi) is 5.39. The van der Waals surface area contributed by atoms with Crippen molar-refractivity contribution in [2.45, 2.75) is 18.1 Å². The molecule has 0 saturated heterocycles. The molecule has 8 heteroatoms. The van der Waals surface area contributed by atoms with Gasteiger partial charge in [0.15, 0.2) is 5.16 Å². The second-order valence-corrected chi connectivity index (χ2v) is 6.33. The van der Waals surface area contributed by atoms with Crippen molar-refractivity contribution in [3.05, 3.63) is 59.5 Å². The highest BCUT2D eigenvalue weighted by Gasteiger charge is 2.15. The predicted octanol–water partition coefficient (Wildman–Crippen LogP) is 2.62. The van der Waals surface area contributed by atoms with Gasteiger partial charge in [0.2, 0.25) is 11.7 Å². The smallest absolute Gasteiger partial charge is 0.373 e. The lowest BCUT2D eigenvalue weighted by Crippen LogP contribution is -2.06. The Balaban J connectivity index is 1.65. The van der Waals surface area contributed by atoms with E-state index in [9.17, 15) is 4.79 Å². The second kappa shape index (κ2) is 7.89. The van der Waals surface area contributed by atoms with Crippen LogP contribution in [0.5, 0.6) is 0 Å². The number of carbonyl (C=O) groups excluding carboxylic acids is 1. The highest BCUT2D eigenvalue weighted by atomic mass is 32.2. The lowest BCUT2D eigenvalue weighted by Gasteiger charge is -2.06. The van der Waals surface area contributed by atoms with E-state index in [-0.39, 0.29) is 5.76 Å². The summed E-state index contributed by atoms with van der Waals surface area (Å²) in [6, 6.07) is 13.5. The van der Waals surface area contributed by atoms with Gasteiger partial charge in [0.1, 0.15) is 5.76 Å². The van der Waals surface area contributed by atoms with Crippen molar-refractivity contribution >= 4 is 23.7 Å². The Morgan fingerprint density at radius 3 is 2.80 bits per heavy atom. The van der Waals surface area contributed by atoms with Gasteiger partial charge >= 0.3 is 5.97 Å². The topological polar surface area (TPSA) is 96.2 Å². The van der Waals surface area contributed by atoms with Crippen molar-refractivity contribution in [3.63, 3.8) is 0 Å². The fourth-order valence-electron chi connectivity index (χ4n) is 2.29. The number of thioether (sulfide) groups is 1. The SMILES string of the molecule is COC(=O)c1ccc(Cn2c(N)nnc2SCCc2ccccc2)o1. The molecule has 3 rings (SSSR count). The number of ether oxygens (including phenoxy) is 1. The van der Waals surface area contributed by atoms with Crippen molar-refractivity contribution in [1.29, 1.82) is 0 Å². The molecule has 0 unspecified atom stereocenters. The maximum absolute atomic E-state index is 11.5. The molecular weight excluding hydrogens is 340 g/mol. The number of carbonyl (C=O) groups is 1. The lowest BCUT2D eigenvalue weighted by atomic mass is 10.2. The molecule has 0 aliphatic rings. The van der Waals surface area contributed by atoms with Crippen LogP contribution < -0.4 is 5.73 Å². The number of benzene rings is 1. The minimum Gasteiger partial charge on any atom is -0.463 e. The minimum atomic E-state index is -0.513. The van der Waals surface area contributed by atoms with E-state index >= 15 is 0 Å². The molecule has 0 fully saturated rings. The number of hydrogen-bond acceptors (Lipinski definition) is 7. The Morgan fingerprint density at radius 1 is 1.24 bits per heavy atom. The van der Waals surface area contributed by atoms with Crippen LogP contribution in [0.1, 0.15) is 21.9 Å². The Hall–Kier alpha value is -2.74. The van der Waals surface area contributed by atoms with E-state index in [1.165, 1.54) is 12.7 Å². The second-order valence-electron chi connectivity index (χ2n) is 5.27. The van der Waals surface area contributed by atoms with Crippen LogP contribution in [0.2, 0.25) is 0 Å². The van der Waals surface area contributed by atoms with Gasteiger partial charge in [-0.15, -0.1) is 10.2 Å². The standard InChI is InChI=1S/C17H18N4O3S/c1-23-15(22)14-8-7-13(24-14)11-21-16(18)19-20-17(21)25-10-9-12-5-3-2-4-6-12/h2-8H,9-11H2,1H3,(H2,18,19). The summed E-state index contributed by atoms with van der Waals surface area (Å²) in [5.74, 6) is 1.38. The lowest BCUT2D eigenvalue weighted by molar-refractivity contribution is 0.0563. The summed E-state index contributed by atoms with van der Waals surface area (Å²) in [5, 5.41) is 8.76. The van der Waals surface area contributed by atoms with Crippen LogP contribution in [0.3, 0.4) is 0 Å². The molecule has 2 heterocycles. The summed E-state index contributed by atoms with van der Waals surface area (Å²) in [4.78, 5) is 11.5. The largest absolute Gasteiger partial charge is 0.463 e. The quantitative estimate of drug-likeness (QED) is 0.512. The number of esters is 1. The molecule has 2 N–H and O–H groups in total. The van der Waals surface area contributed by atoms with E-state index in [1.807, 2.05) is 18.2 Å². The molecule has 0 atom stereocenters. The van der Waals surface area contributed by atoms with Crippen LogP contribution in [0, 0.1) is 0 Å². The summed E-state index contributed by atoms with van der Waals surface area (Å²) < 4.78 is 11.9. The number of anilines is 1. The average molecular weight is 358 g/mol. The fraction of sp³-hybridized carbons (Fsp3) is 0.235.